The van der Waals surface area contributed by atoms with Gasteiger partial charge in [0.2, 0.25) is 5.95 Å². The van der Waals surface area contributed by atoms with Crippen molar-refractivity contribution in [1.29, 1.82) is 0 Å². The number of nitrogens with two attached hydrogens (primary N) is 1. The summed E-state index contributed by atoms with van der Waals surface area (Å²) in [5.74, 6) is 0.807. The molecule has 0 amide bonds. The average Bonchev–Trinajstić information content (AvgIpc) is 3.35. The van der Waals surface area contributed by atoms with Gasteiger partial charge in [0.1, 0.15) is 5.03 Å². The first-order valence-electron chi connectivity index (χ1n) is 10.6. The molecule has 1 fully saturated rings. The van der Waals surface area contributed by atoms with Crippen LogP contribution >= 0.6 is 23.4 Å². The highest BCUT2D eigenvalue weighted by atomic mass is 35.5. The number of hydrogen-bond acceptors (Lipinski definition) is 8. The number of aromatic nitrogens is 6. The highest BCUT2D eigenvalue weighted by Gasteiger charge is 2.46. The maximum Gasteiger partial charge on any atom is 0.206 e. The fourth-order valence-corrected chi connectivity index (χ4v) is 5.81. The smallest absolute Gasteiger partial charge is 0.206 e. The number of piperidine rings is 1. The van der Waals surface area contributed by atoms with Crippen molar-refractivity contribution in [1.82, 2.24) is 29.9 Å². The lowest BCUT2D eigenvalue weighted by molar-refractivity contribution is 0.186. The predicted molar refractivity (Wildman–Crippen MR) is 124 cm³/mol. The van der Waals surface area contributed by atoms with Gasteiger partial charge in [0.15, 0.2) is 11.3 Å². The van der Waals surface area contributed by atoms with Crippen molar-refractivity contribution in [2.45, 2.75) is 35.2 Å². The van der Waals surface area contributed by atoms with Crippen LogP contribution in [0.5, 0.6) is 0 Å². The van der Waals surface area contributed by atoms with Gasteiger partial charge in [-0.1, -0.05) is 29.4 Å². The Morgan fingerprint density at radius 1 is 1.12 bits per heavy atom. The van der Waals surface area contributed by atoms with Gasteiger partial charge in [-0.2, -0.15) is 4.98 Å². The van der Waals surface area contributed by atoms with Gasteiger partial charge in [-0.3, -0.25) is 9.97 Å². The van der Waals surface area contributed by atoms with E-state index >= 15 is 0 Å². The number of nitrogens with one attached hydrogen (secondary N) is 1. The first kappa shape index (κ1) is 19.9. The van der Waals surface area contributed by atoms with Gasteiger partial charge in [-0.25, -0.2) is 9.97 Å². The number of halogens is 1. The Morgan fingerprint density at radius 3 is 2.81 bits per heavy atom. The highest BCUT2D eigenvalue weighted by Crippen LogP contribution is 2.50. The Morgan fingerprint density at radius 2 is 2.00 bits per heavy atom. The van der Waals surface area contributed by atoms with E-state index in [9.17, 15) is 0 Å². The molecule has 0 bridgehead atoms. The second-order valence-electron chi connectivity index (χ2n) is 8.39. The summed E-state index contributed by atoms with van der Waals surface area (Å²) in [5, 5.41) is 1.34. The maximum atomic E-state index is 6.67. The van der Waals surface area contributed by atoms with Gasteiger partial charge in [-0.15, -0.1) is 0 Å². The number of hydrogen-bond donors (Lipinski definition) is 2. The minimum absolute atomic E-state index is 0.0481. The number of imidazole rings is 1. The molecular formula is C22H21ClN8S. The summed E-state index contributed by atoms with van der Waals surface area (Å²) >= 11 is 7.67. The number of nitrogens with zero attached hydrogens (tertiary/aromatic N) is 6. The van der Waals surface area contributed by atoms with Gasteiger partial charge in [-0.05, 0) is 42.4 Å². The SMILES string of the molecule is N[C@@H]1c2cccnc2CC12CCN(c1nc3ncc(Sc4ccncc4Cl)nc3[nH]1)CC2. The number of aromatic amines is 1. The molecule has 1 aliphatic heterocycles. The van der Waals surface area contributed by atoms with Crippen LogP contribution in [0.3, 0.4) is 0 Å². The minimum atomic E-state index is 0.0481. The van der Waals surface area contributed by atoms with Crippen LogP contribution in [0.4, 0.5) is 5.95 Å². The van der Waals surface area contributed by atoms with Gasteiger partial charge in [0.05, 0.1) is 11.2 Å². The molecule has 4 aromatic heterocycles. The molecule has 2 aliphatic rings. The quantitative estimate of drug-likeness (QED) is 0.471. The minimum Gasteiger partial charge on any atom is -0.342 e. The normalized spacial score (nSPS) is 19.6. The van der Waals surface area contributed by atoms with Gasteiger partial charge < -0.3 is 15.6 Å². The summed E-state index contributed by atoms with van der Waals surface area (Å²) in [4.78, 5) is 29.0. The van der Waals surface area contributed by atoms with Crippen molar-refractivity contribution in [3.8, 4) is 0 Å². The Kier molecular flexibility index (Phi) is 4.78. The molecule has 1 aliphatic carbocycles. The molecule has 3 N–H and O–H groups in total. The number of H-pyrrole nitrogens is 1. The van der Waals surface area contributed by atoms with Crippen LogP contribution in [0.2, 0.25) is 5.02 Å². The molecule has 4 aromatic rings. The van der Waals surface area contributed by atoms with Gasteiger partial charge in [0, 0.05) is 48.3 Å². The van der Waals surface area contributed by atoms with Crippen molar-refractivity contribution in [3.63, 3.8) is 0 Å². The number of rotatable bonds is 3. The fourth-order valence-electron chi connectivity index (χ4n) is 4.83. The van der Waals surface area contributed by atoms with E-state index < -0.39 is 0 Å². The molecule has 10 heteroatoms. The Hall–Kier alpha value is -2.75. The fraction of sp³-hybridized carbons (Fsp3) is 0.318. The van der Waals surface area contributed by atoms with E-state index in [1.165, 1.54) is 17.3 Å². The summed E-state index contributed by atoms with van der Waals surface area (Å²) in [6.07, 6.45) is 9.89. The van der Waals surface area contributed by atoms with Gasteiger partial charge >= 0.3 is 0 Å². The van der Waals surface area contributed by atoms with E-state index in [0.717, 1.165) is 53.9 Å². The zero-order valence-corrected chi connectivity index (χ0v) is 18.8. The van der Waals surface area contributed by atoms with Crippen LogP contribution in [-0.2, 0) is 6.42 Å². The molecule has 1 saturated heterocycles. The van der Waals surface area contributed by atoms with Crippen LogP contribution < -0.4 is 10.6 Å². The molecule has 1 spiro atoms. The van der Waals surface area contributed by atoms with E-state index in [0.29, 0.717) is 16.3 Å². The van der Waals surface area contributed by atoms with Crippen LogP contribution in [-0.4, -0.2) is 43.0 Å². The molecule has 0 unspecified atom stereocenters. The number of pyridine rings is 2. The van der Waals surface area contributed by atoms with Crippen LogP contribution in [0.1, 0.15) is 30.1 Å². The lowest BCUT2D eigenvalue weighted by atomic mass is 9.73. The molecule has 5 heterocycles. The second kappa shape index (κ2) is 7.68. The van der Waals surface area contributed by atoms with E-state index in [1.54, 1.807) is 18.6 Å². The third-order valence-electron chi connectivity index (χ3n) is 6.62. The number of anilines is 1. The third kappa shape index (κ3) is 3.32. The van der Waals surface area contributed by atoms with Crippen molar-refractivity contribution in [3.05, 3.63) is 59.3 Å². The predicted octanol–water partition coefficient (Wildman–Crippen LogP) is 3.79. The highest BCUT2D eigenvalue weighted by molar-refractivity contribution is 7.99. The van der Waals surface area contributed by atoms with E-state index in [-0.39, 0.29) is 11.5 Å². The summed E-state index contributed by atoms with van der Waals surface area (Å²) < 4.78 is 0. The molecule has 0 aromatic carbocycles. The molecule has 0 radical (unpaired) electrons. The monoisotopic (exact) mass is 464 g/mol. The van der Waals surface area contributed by atoms with Gasteiger partial charge in [0.25, 0.3) is 0 Å². The zero-order valence-electron chi connectivity index (χ0n) is 17.2. The largest absolute Gasteiger partial charge is 0.342 e. The van der Waals surface area contributed by atoms with Crippen molar-refractivity contribution >= 4 is 40.6 Å². The van der Waals surface area contributed by atoms with Crippen LogP contribution in [0.15, 0.2) is 52.9 Å². The molecular weight excluding hydrogens is 444 g/mol. The Labute approximate surface area is 194 Å². The standard InChI is InChI=1S/C22H21ClN8S/c23-14-11-25-7-3-16(14)32-17-12-27-19-20(28-17)30-21(29-19)31-8-4-22(5-9-31)10-15-13(18(22)24)2-1-6-26-15/h1-3,6-7,11-12,18H,4-5,8-10,24H2,(H,27,28,29,30)/t18-/m1/s1. The lowest BCUT2D eigenvalue weighted by Crippen LogP contribution is -2.44. The summed E-state index contributed by atoms with van der Waals surface area (Å²) in [7, 11) is 0. The van der Waals surface area contributed by atoms with E-state index in [4.69, 9.17) is 17.3 Å². The molecule has 6 rings (SSSR count). The first-order chi connectivity index (χ1) is 15.6. The molecule has 32 heavy (non-hydrogen) atoms. The third-order valence-corrected chi connectivity index (χ3v) is 8.02. The van der Waals surface area contributed by atoms with Crippen molar-refractivity contribution < 1.29 is 0 Å². The summed E-state index contributed by atoms with van der Waals surface area (Å²) in [6.45, 7) is 1.77. The van der Waals surface area contributed by atoms with Crippen molar-refractivity contribution in [2.24, 2.45) is 11.1 Å². The van der Waals surface area contributed by atoms with E-state index in [1.807, 2.05) is 18.3 Å². The Balaban J connectivity index is 1.19. The topological polar surface area (TPSA) is 110 Å². The average molecular weight is 465 g/mol. The molecule has 1 atom stereocenters. The van der Waals surface area contributed by atoms with E-state index in [2.05, 4.69) is 40.9 Å². The first-order valence-corrected chi connectivity index (χ1v) is 11.8. The molecule has 0 saturated carbocycles. The Bertz CT molecular complexity index is 1300. The lowest BCUT2D eigenvalue weighted by Gasteiger charge is -2.41. The second-order valence-corrected chi connectivity index (χ2v) is 9.86. The maximum absolute atomic E-state index is 6.67. The van der Waals surface area contributed by atoms with Crippen molar-refractivity contribution in [2.75, 3.05) is 18.0 Å². The number of fused-ring (bicyclic) bond motifs is 2. The molecule has 8 nitrogen and oxygen atoms in total. The zero-order chi connectivity index (χ0) is 21.7. The molecule has 162 valence electrons. The summed E-state index contributed by atoms with van der Waals surface area (Å²) in [5.41, 5.74) is 10.4. The van der Waals surface area contributed by atoms with Crippen LogP contribution in [0.25, 0.3) is 11.3 Å². The summed E-state index contributed by atoms with van der Waals surface area (Å²) in [6, 6.07) is 6.02. The van der Waals surface area contributed by atoms with Crippen LogP contribution in [0, 0.1) is 5.41 Å².